The minimum atomic E-state index is -2.02. The molecule has 0 radical (unpaired) electrons. The molecule has 2 aromatic rings. The van der Waals surface area contributed by atoms with Gasteiger partial charge in [0.2, 0.25) is 18.4 Å². The molecule has 8 N–H and O–H groups in total. The molecule has 0 saturated carbocycles. The van der Waals surface area contributed by atoms with E-state index in [1.165, 1.54) is 12.1 Å². The van der Waals surface area contributed by atoms with Gasteiger partial charge in [0.1, 0.15) is 53.4 Å². The van der Waals surface area contributed by atoms with Crippen LogP contribution in [-0.4, -0.2) is 121 Å². The maximum Gasteiger partial charge on any atom is 0.229 e. The van der Waals surface area contributed by atoms with Crippen molar-refractivity contribution in [2.45, 2.75) is 55.6 Å². The summed E-state index contributed by atoms with van der Waals surface area (Å²) < 4.78 is 22.0. The molecular weight excluding hydrogens is 536 g/mol. The van der Waals surface area contributed by atoms with Crippen molar-refractivity contribution in [2.75, 3.05) is 19.8 Å². The smallest absolute Gasteiger partial charge is 0.229 e. The molecule has 0 amide bonds. The molecule has 1 aliphatic carbocycles. The maximum atomic E-state index is 13.6. The van der Waals surface area contributed by atoms with Gasteiger partial charge in [-0.25, -0.2) is 0 Å². The van der Waals surface area contributed by atoms with Crippen molar-refractivity contribution >= 4 is 11.6 Å². The van der Waals surface area contributed by atoms with E-state index in [0.29, 0.717) is 5.56 Å². The second kappa shape index (κ2) is 10.3. The van der Waals surface area contributed by atoms with E-state index in [2.05, 4.69) is 0 Å². The third-order valence-corrected chi connectivity index (χ3v) is 7.20. The maximum absolute atomic E-state index is 13.6. The molecule has 3 aliphatic rings. The van der Waals surface area contributed by atoms with Crippen LogP contribution < -0.4 is 9.47 Å². The molecule has 0 bridgehead atoms. The van der Waals surface area contributed by atoms with Gasteiger partial charge >= 0.3 is 0 Å². The zero-order chi connectivity index (χ0) is 29.1. The van der Waals surface area contributed by atoms with Crippen LogP contribution in [0.1, 0.15) is 37.4 Å². The lowest BCUT2D eigenvalue weighted by Crippen LogP contribution is -2.60. The lowest BCUT2D eigenvalue weighted by Gasteiger charge is -2.40. The number of aromatic hydroxyl groups is 1. The molecular formula is C26H28O14. The number of carbonyl (C=O) groups is 2. The van der Waals surface area contributed by atoms with Gasteiger partial charge in [0.25, 0.3) is 0 Å². The second-order valence-corrected chi connectivity index (χ2v) is 10.0. The fourth-order valence-corrected chi connectivity index (χ4v) is 4.94. The first kappa shape index (κ1) is 28.4. The molecule has 14 heteroatoms. The monoisotopic (exact) mass is 564 g/mol. The number of phenolic OH excluding ortho intramolecular Hbond substituents is 1. The fourth-order valence-electron chi connectivity index (χ4n) is 4.94. The van der Waals surface area contributed by atoms with Gasteiger partial charge in [-0.15, -0.1) is 0 Å². The Labute approximate surface area is 226 Å². The van der Waals surface area contributed by atoms with E-state index in [4.69, 9.17) is 18.9 Å². The van der Waals surface area contributed by atoms with Crippen molar-refractivity contribution in [3.8, 4) is 17.2 Å². The summed E-state index contributed by atoms with van der Waals surface area (Å²) in [5.74, 6) is -2.59. The Morgan fingerprint density at radius 1 is 0.900 bits per heavy atom. The van der Waals surface area contributed by atoms with E-state index in [0.717, 1.165) is 12.1 Å². The number of hydrogen-bond acceptors (Lipinski definition) is 14. The lowest BCUT2D eigenvalue weighted by atomic mass is 9.82. The predicted octanol–water partition coefficient (Wildman–Crippen LogP) is -2.53. The molecule has 8 atom stereocenters. The average Bonchev–Trinajstić information content (AvgIpc) is 3.20. The Morgan fingerprint density at radius 3 is 2.25 bits per heavy atom. The van der Waals surface area contributed by atoms with Gasteiger partial charge in [0.15, 0.2) is 5.78 Å². The summed E-state index contributed by atoms with van der Waals surface area (Å²) in [7, 11) is 0. The zero-order valence-corrected chi connectivity index (χ0v) is 21.0. The van der Waals surface area contributed by atoms with Crippen LogP contribution in [-0.2, 0) is 9.47 Å². The summed E-state index contributed by atoms with van der Waals surface area (Å²) in [5.41, 5.74) is -2.51. The average molecular weight is 564 g/mol. The van der Waals surface area contributed by atoms with Crippen molar-refractivity contribution in [1.82, 2.24) is 0 Å². The third kappa shape index (κ3) is 4.52. The Balaban J connectivity index is 1.59. The van der Waals surface area contributed by atoms with E-state index in [9.17, 15) is 50.4 Å². The summed E-state index contributed by atoms with van der Waals surface area (Å²) in [6.45, 7) is -0.454. The summed E-state index contributed by atoms with van der Waals surface area (Å²) in [4.78, 5) is 27.2. The molecule has 2 aliphatic heterocycles. The van der Waals surface area contributed by atoms with Crippen LogP contribution >= 0.6 is 0 Å². The molecule has 5 rings (SSSR count). The Kier molecular flexibility index (Phi) is 7.33. The molecule has 2 saturated heterocycles. The van der Waals surface area contributed by atoms with Crippen molar-refractivity contribution in [1.29, 1.82) is 0 Å². The molecule has 14 nitrogen and oxygen atoms in total. The molecule has 2 aromatic carbocycles. The van der Waals surface area contributed by atoms with Crippen LogP contribution in [0, 0.1) is 6.92 Å². The van der Waals surface area contributed by atoms with E-state index >= 15 is 0 Å². The van der Waals surface area contributed by atoms with E-state index < -0.39 is 91.6 Å². The minimum absolute atomic E-state index is 0.0993. The number of aliphatic hydroxyl groups excluding tert-OH is 6. The van der Waals surface area contributed by atoms with Crippen molar-refractivity contribution in [3.05, 3.63) is 52.1 Å². The first-order valence-corrected chi connectivity index (χ1v) is 12.3. The zero-order valence-electron chi connectivity index (χ0n) is 21.0. The fraction of sp³-hybridized carbons (Fsp3) is 0.462. The van der Waals surface area contributed by atoms with Crippen LogP contribution in [0.15, 0.2) is 24.3 Å². The largest absolute Gasteiger partial charge is 0.507 e. The van der Waals surface area contributed by atoms with Crippen LogP contribution in [0.4, 0.5) is 0 Å². The quantitative estimate of drug-likeness (QED) is 0.154. The summed E-state index contributed by atoms with van der Waals surface area (Å²) >= 11 is 0. The first-order chi connectivity index (χ1) is 18.9. The van der Waals surface area contributed by atoms with Gasteiger partial charge in [-0.05, 0) is 30.7 Å². The molecule has 216 valence electrons. The number of carbonyl (C=O) groups excluding carboxylic acids is 2. The van der Waals surface area contributed by atoms with Crippen molar-refractivity contribution in [3.63, 3.8) is 0 Å². The highest BCUT2D eigenvalue weighted by Gasteiger charge is 2.50. The number of fused-ring (bicyclic) bond motifs is 2. The Hall–Kier alpha value is -3.18. The molecule has 0 spiro atoms. The van der Waals surface area contributed by atoms with E-state index in [1.54, 1.807) is 6.92 Å². The topological polar surface area (TPSA) is 233 Å². The number of aliphatic hydroxyl groups is 7. The standard InChI is InChI=1S/C26H28O14/c1-9-2-11-16(13(29)3-9)20(32)17-12(18(11)30)4-10(38-25-23(35)26(36,7-28)8-37-25)5-14(17)39-24-22(34)21(33)19(31)15(6-27)40-24/h2-5,15,19,21-25,27-29,31,33-36H,6-8H2,1H3/t15-,19-,21+,22-,23+,24-,25-,26-/m1/s1. The minimum Gasteiger partial charge on any atom is -0.507 e. The second-order valence-electron chi connectivity index (χ2n) is 10.0. The number of hydrogen-bond donors (Lipinski definition) is 8. The normalized spacial score (nSPS) is 33.5. The SMILES string of the molecule is Cc1cc(O)c2c(c1)C(=O)c1cc(O[C@H]3OC[C@](O)(CO)[C@H]3O)cc(O[C@@H]3O[C@H](CO)[C@@H](O)[C@H](O)[C@H]3O)c1C2=O. The summed E-state index contributed by atoms with van der Waals surface area (Å²) in [5, 5.41) is 80.9. The first-order valence-electron chi connectivity index (χ1n) is 12.3. The number of benzene rings is 2. The summed E-state index contributed by atoms with van der Waals surface area (Å²) in [6.07, 6.45) is -11.7. The van der Waals surface area contributed by atoms with E-state index in [-0.39, 0.29) is 28.0 Å². The number of ketones is 2. The summed E-state index contributed by atoms with van der Waals surface area (Å²) in [6, 6.07) is 4.96. The molecule has 2 heterocycles. The van der Waals surface area contributed by atoms with Gasteiger partial charge in [-0.1, -0.05) is 0 Å². The highest BCUT2D eigenvalue weighted by atomic mass is 16.7. The number of phenols is 1. The van der Waals surface area contributed by atoms with Gasteiger partial charge < -0.3 is 59.8 Å². The van der Waals surface area contributed by atoms with Gasteiger partial charge in [-0.3, -0.25) is 9.59 Å². The lowest BCUT2D eigenvalue weighted by molar-refractivity contribution is -0.277. The van der Waals surface area contributed by atoms with Gasteiger partial charge in [-0.2, -0.15) is 0 Å². The number of aryl methyl sites for hydroxylation is 1. The van der Waals surface area contributed by atoms with Crippen LogP contribution in [0.25, 0.3) is 0 Å². The number of ether oxygens (including phenoxy) is 4. The molecule has 40 heavy (non-hydrogen) atoms. The highest BCUT2D eigenvalue weighted by molar-refractivity contribution is 6.30. The third-order valence-electron chi connectivity index (χ3n) is 7.20. The molecule has 2 fully saturated rings. The van der Waals surface area contributed by atoms with Gasteiger partial charge in [0.05, 0.1) is 30.9 Å². The Bertz CT molecular complexity index is 1340. The van der Waals surface area contributed by atoms with Crippen molar-refractivity contribution < 1.29 is 69.4 Å². The van der Waals surface area contributed by atoms with Crippen LogP contribution in [0.2, 0.25) is 0 Å². The molecule has 0 aromatic heterocycles. The predicted molar refractivity (Wildman–Crippen MR) is 129 cm³/mol. The van der Waals surface area contributed by atoms with E-state index in [1.807, 2.05) is 0 Å². The highest BCUT2D eigenvalue weighted by Crippen LogP contribution is 2.41. The Morgan fingerprint density at radius 2 is 1.60 bits per heavy atom. The van der Waals surface area contributed by atoms with Crippen molar-refractivity contribution in [2.24, 2.45) is 0 Å². The van der Waals surface area contributed by atoms with Gasteiger partial charge in [0, 0.05) is 17.2 Å². The number of rotatable bonds is 6. The molecule has 0 unspecified atom stereocenters. The van der Waals surface area contributed by atoms with Crippen LogP contribution in [0.5, 0.6) is 17.2 Å². The van der Waals surface area contributed by atoms with Crippen LogP contribution in [0.3, 0.4) is 0 Å².